The number of hydrogen-bond donors (Lipinski definition) is 0. The van der Waals surface area contributed by atoms with Crippen molar-refractivity contribution in [2.75, 3.05) is 20.1 Å². The summed E-state index contributed by atoms with van der Waals surface area (Å²) < 4.78 is 26.6. The van der Waals surface area contributed by atoms with E-state index in [0.29, 0.717) is 13.1 Å². The molecule has 0 bridgehead atoms. The lowest BCUT2D eigenvalue weighted by Gasteiger charge is -2.41. The van der Waals surface area contributed by atoms with Crippen molar-refractivity contribution < 1.29 is 8.42 Å². The molecule has 1 aromatic rings. The molecule has 1 aliphatic rings. The fraction of sp³-hybridized carbons (Fsp3) is 0.571. The first-order valence-electron chi connectivity index (χ1n) is 6.64. The van der Waals surface area contributed by atoms with Crippen molar-refractivity contribution in [1.82, 2.24) is 9.21 Å². The Kier molecular flexibility index (Phi) is 4.28. The molecule has 19 heavy (non-hydrogen) atoms. The molecule has 5 heteroatoms. The molecule has 0 spiro atoms. The lowest BCUT2D eigenvalue weighted by atomic mass is 10.1. The second-order valence-corrected chi connectivity index (χ2v) is 7.39. The summed E-state index contributed by atoms with van der Waals surface area (Å²) in [5.74, 6) is 0.0942. The van der Waals surface area contributed by atoms with Crippen molar-refractivity contribution in [2.24, 2.45) is 0 Å². The first-order chi connectivity index (χ1) is 8.90. The lowest BCUT2D eigenvalue weighted by molar-refractivity contribution is 0.105. The molecule has 4 nitrogen and oxygen atoms in total. The van der Waals surface area contributed by atoms with E-state index >= 15 is 0 Å². The minimum atomic E-state index is -3.22. The zero-order valence-corrected chi connectivity index (χ0v) is 12.6. The second-order valence-electron chi connectivity index (χ2n) is 5.42. The highest BCUT2D eigenvalue weighted by molar-refractivity contribution is 7.88. The number of hydrogen-bond acceptors (Lipinski definition) is 3. The van der Waals surface area contributed by atoms with Crippen molar-refractivity contribution >= 4 is 10.0 Å². The lowest BCUT2D eigenvalue weighted by Crippen LogP contribution is -2.56. The van der Waals surface area contributed by atoms with Crippen LogP contribution in [0.5, 0.6) is 0 Å². The van der Waals surface area contributed by atoms with E-state index in [9.17, 15) is 8.42 Å². The van der Waals surface area contributed by atoms with Crippen molar-refractivity contribution in [3.8, 4) is 0 Å². The van der Waals surface area contributed by atoms with Crippen molar-refractivity contribution in [1.29, 1.82) is 0 Å². The summed E-state index contributed by atoms with van der Waals surface area (Å²) in [4.78, 5) is 2.23. The second kappa shape index (κ2) is 5.61. The van der Waals surface area contributed by atoms with Gasteiger partial charge in [-0.05, 0) is 26.5 Å². The number of rotatable bonds is 3. The summed E-state index contributed by atoms with van der Waals surface area (Å²) in [5.41, 5.74) is 0.849. The van der Waals surface area contributed by atoms with Crippen LogP contribution in [0.25, 0.3) is 0 Å². The Hall–Kier alpha value is -0.910. The van der Waals surface area contributed by atoms with Gasteiger partial charge < -0.3 is 0 Å². The van der Waals surface area contributed by atoms with Crippen LogP contribution < -0.4 is 0 Å². The van der Waals surface area contributed by atoms with Crippen LogP contribution >= 0.6 is 0 Å². The first-order valence-corrected chi connectivity index (χ1v) is 8.25. The van der Waals surface area contributed by atoms with E-state index in [4.69, 9.17) is 0 Å². The maximum Gasteiger partial charge on any atom is 0.218 e. The Labute approximate surface area is 116 Å². The van der Waals surface area contributed by atoms with E-state index in [1.807, 2.05) is 30.3 Å². The van der Waals surface area contributed by atoms with Crippen LogP contribution in [0.1, 0.15) is 19.4 Å². The predicted octanol–water partition coefficient (Wildman–Crippen LogP) is 1.54. The minimum absolute atomic E-state index is 0.0942. The molecule has 2 atom stereocenters. The van der Waals surface area contributed by atoms with Crippen LogP contribution in [0.3, 0.4) is 0 Å². The van der Waals surface area contributed by atoms with Gasteiger partial charge in [0.15, 0.2) is 0 Å². The van der Waals surface area contributed by atoms with E-state index in [-0.39, 0.29) is 17.8 Å². The monoisotopic (exact) mass is 282 g/mol. The van der Waals surface area contributed by atoms with Crippen molar-refractivity contribution in [3.63, 3.8) is 0 Å². The summed E-state index contributed by atoms with van der Waals surface area (Å²) in [6.45, 7) is 5.30. The Balaban J connectivity index is 2.12. The Bertz CT molecular complexity index is 504. The van der Waals surface area contributed by atoms with E-state index in [1.165, 1.54) is 0 Å². The third kappa shape index (κ3) is 3.35. The number of sulfonamides is 1. The number of likely N-dealkylation sites (N-methyl/N-ethyl adjacent to an activating group) is 1. The smallest absolute Gasteiger partial charge is 0.218 e. The highest BCUT2D eigenvalue weighted by atomic mass is 32.2. The molecule has 1 fully saturated rings. The van der Waals surface area contributed by atoms with E-state index < -0.39 is 10.0 Å². The van der Waals surface area contributed by atoms with E-state index in [0.717, 1.165) is 5.56 Å². The molecule has 2 unspecified atom stereocenters. The average molecular weight is 282 g/mol. The van der Waals surface area contributed by atoms with Gasteiger partial charge >= 0.3 is 0 Å². The third-order valence-corrected chi connectivity index (χ3v) is 5.69. The van der Waals surface area contributed by atoms with Gasteiger partial charge in [0.05, 0.1) is 5.75 Å². The van der Waals surface area contributed by atoms with Crippen LogP contribution in [-0.2, 0) is 15.8 Å². The van der Waals surface area contributed by atoms with Gasteiger partial charge in [-0.3, -0.25) is 4.90 Å². The van der Waals surface area contributed by atoms with E-state index in [2.05, 4.69) is 25.8 Å². The van der Waals surface area contributed by atoms with Crippen LogP contribution in [0.15, 0.2) is 30.3 Å². The van der Waals surface area contributed by atoms with Gasteiger partial charge in [0.2, 0.25) is 10.0 Å². The molecule has 0 amide bonds. The molecule has 0 N–H and O–H groups in total. The highest BCUT2D eigenvalue weighted by Gasteiger charge is 2.33. The molecule has 0 saturated carbocycles. The molecular formula is C14H22N2O2S. The van der Waals surface area contributed by atoms with Gasteiger partial charge in [-0.2, -0.15) is 4.31 Å². The predicted molar refractivity (Wildman–Crippen MR) is 77.3 cm³/mol. The molecule has 1 aromatic carbocycles. The molecule has 0 aromatic heterocycles. The van der Waals surface area contributed by atoms with E-state index in [1.54, 1.807) is 4.31 Å². The third-order valence-electron chi connectivity index (χ3n) is 3.91. The van der Waals surface area contributed by atoms with Gasteiger partial charge in [-0.25, -0.2) is 8.42 Å². The normalized spacial score (nSPS) is 26.5. The minimum Gasteiger partial charge on any atom is -0.298 e. The Morgan fingerprint density at radius 1 is 1.11 bits per heavy atom. The fourth-order valence-electron chi connectivity index (χ4n) is 2.46. The average Bonchev–Trinajstić information content (AvgIpc) is 2.36. The maximum absolute atomic E-state index is 12.5. The largest absolute Gasteiger partial charge is 0.298 e. The number of benzene rings is 1. The van der Waals surface area contributed by atoms with Crippen LogP contribution in [0.4, 0.5) is 0 Å². The molecule has 2 rings (SSSR count). The Morgan fingerprint density at radius 2 is 1.63 bits per heavy atom. The number of piperazine rings is 1. The van der Waals surface area contributed by atoms with Crippen LogP contribution in [0.2, 0.25) is 0 Å². The van der Waals surface area contributed by atoms with Gasteiger partial charge in [0.25, 0.3) is 0 Å². The summed E-state index contributed by atoms with van der Waals surface area (Å²) in [5, 5.41) is 0. The van der Waals surface area contributed by atoms with Crippen LogP contribution in [-0.4, -0.2) is 49.8 Å². The standard InChI is InChI=1S/C14H22N2O2S/c1-12-9-16(10-13(2)15(12)3)19(17,18)11-14-7-5-4-6-8-14/h4-8,12-13H,9-11H2,1-3H3. The SMILES string of the molecule is CC1CN(S(=O)(=O)Cc2ccccc2)CC(C)N1C. The highest BCUT2D eigenvalue weighted by Crippen LogP contribution is 2.19. The van der Waals surface area contributed by atoms with Crippen LogP contribution in [0, 0.1) is 0 Å². The zero-order valence-electron chi connectivity index (χ0n) is 11.8. The van der Waals surface area contributed by atoms with Gasteiger partial charge in [0.1, 0.15) is 0 Å². The Morgan fingerprint density at radius 3 is 2.16 bits per heavy atom. The quantitative estimate of drug-likeness (QED) is 0.844. The molecule has 0 aliphatic carbocycles. The number of nitrogens with zero attached hydrogens (tertiary/aromatic N) is 2. The fourth-order valence-corrected chi connectivity index (χ4v) is 4.14. The first kappa shape index (κ1) is 14.5. The summed E-state index contributed by atoms with van der Waals surface area (Å²) in [6.07, 6.45) is 0. The van der Waals surface area contributed by atoms with Gasteiger partial charge in [-0.15, -0.1) is 0 Å². The maximum atomic E-state index is 12.5. The molecule has 106 valence electrons. The van der Waals surface area contributed by atoms with Gasteiger partial charge in [0, 0.05) is 25.2 Å². The molecule has 1 aliphatic heterocycles. The summed E-state index contributed by atoms with van der Waals surface area (Å²) in [7, 11) is -1.17. The molecule has 1 heterocycles. The van der Waals surface area contributed by atoms with Crippen molar-refractivity contribution in [2.45, 2.75) is 31.7 Å². The summed E-state index contributed by atoms with van der Waals surface area (Å²) in [6, 6.07) is 9.89. The summed E-state index contributed by atoms with van der Waals surface area (Å²) >= 11 is 0. The van der Waals surface area contributed by atoms with Crippen molar-refractivity contribution in [3.05, 3.63) is 35.9 Å². The molecule has 0 radical (unpaired) electrons. The molecule has 1 saturated heterocycles. The zero-order chi connectivity index (χ0) is 14.0. The topological polar surface area (TPSA) is 40.6 Å². The molecular weight excluding hydrogens is 260 g/mol. The van der Waals surface area contributed by atoms with Gasteiger partial charge in [-0.1, -0.05) is 30.3 Å².